The molecule has 12 nitrogen and oxygen atoms in total. The first-order valence-electron chi connectivity index (χ1n) is 20.3. The Hall–Kier alpha value is -5.23. The average Bonchev–Trinajstić information content (AvgIpc) is 3.73. The molecular formula is C45H56N6O6. The van der Waals surface area contributed by atoms with Crippen molar-refractivity contribution in [2.45, 2.75) is 110 Å². The predicted molar refractivity (Wildman–Crippen MR) is 220 cm³/mol. The lowest BCUT2D eigenvalue weighted by atomic mass is 9.77. The van der Waals surface area contributed by atoms with E-state index in [0.717, 1.165) is 53.5 Å². The van der Waals surface area contributed by atoms with E-state index in [0.29, 0.717) is 62.4 Å². The van der Waals surface area contributed by atoms with E-state index in [1.807, 2.05) is 82.3 Å². The summed E-state index contributed by atoms with van der Waals surface area (Å²) < 4.78 is 5.37. The molecular weight excluding hydrogens is 721 g/mol. The lowest BCUT2D eigenvalue weighted by Crippen LogP contribution is -2.38. The van der Waals surface area contributed by atoms with Gasteiger partial charge in [0, 0.05) is 47.7 Å². The minimum absolute atomic E-state index is 0.0589. The Morgan fingerprint density at radius 3 is 2.19 bits per heavy atom. The number of alkyl carbamates (subject to hydrolysis) is 1. The van der Waals surface area contributed by atoms with Gasteiger partial charge in [-0.25, -0.2) is 9.79 Å². The van der Waals surface area contributed by atoms with Crippen LogP contribution in [-0.2, 0) is 20.7 Å². The SMILES string of the molecule is Cc1ccc(C(=O)NC2CCC(O)CC2)cc1-c1ccc(C[C@H](CC(=O)C2CCC(CNC(=O)OC(C)(C)C)CC2)C(=O)Nc2ccc(C3=NCN=N3)cc2)cc1. The monoisotopic (exact) mass is 776 g/mol. The molecule has 12 heteroatoms. The maximum Gasteiger partial charge on any atom is 0.407 e. The van der Waals surface area contributed by atoms with Crippen molar-refractivity contribution < 1.29 is 29.0 Å². The number of rotatable bonds is 13. The number of nitrogens with zero attached hydrogens (tertiary/aromatic N) is 3. The zero-order valence-corrected chi connectivity index (χ0v) is 33.6. The second-order valence-electron chi connectivity index (χ2n) is 16.8. The van der Waals surface area contributed by atoms with E-state index >= 15 is 0 Å². The van der Waals surface area contributed by atoms with Crippen LogP contribution in [0, 0.1) is 24.7 Å². The predicted octanol–water partition coefficient (Wildman–Crippen LogP) is 7.95. The second kappa shape index (κ2) is 18.8. The molecule has 1 heterocycles. The fourth-order valence-electron chi connectivity index (χ4n) is 7.89. The molecule has 0 spiro atoms. The molecule has 3 amide bonds. The van der Waals surface area contributed by atoms with Crippen molar-refractivity contribution in [3.05, 3.63) is 89.0 Å². The molecule has 3 aliphatic rings. The minimum atomic E-state index is -0.600. The number of Topliss-reactive ketones (excluding diaryl/α,β-unsaturated/α-hetero) is 1. The summed E-state index contributed by atoms with van der Waals surface area (Å²) in [5.41, 5.74) is 5.31. The maximum absolute atomic E-state index is 13.9. The number of amides is 3. The Labute approximate surface area is 335 Å². The van der Waals surface area contributed by atoms with Crippen LogP contribution in [-0.4, -0.2) is 65.6 Å². The van der Waals surface area contributed by atoms with Crippen molar-refractivity contribution in [1.82, 2.24) is 10.6 Å². The smallest absolute Gasteiger partial charge is 0.407 e. The fraction of sp³-hybridized carbons (Fsp3) is 0.489. The third-order valence-corrected chi connectivity index (χ3v) is 11.2. The molecule has 302 valence electrons. The highest BCUT2D eigenvalue weighted by atomic mass is 16.6. The zero-order chi connectivity index (χ0) is 40.5. The highest BCUT2D eigenvalue weighted by Crippen LogP contribution is 2.32. The number of nitrogens with one attached hydrogen (secondary N) is 3. The van der Waals surface area contributed by atoms with Gasteiger partial charge in [0.25, 0.3) is 5.91 Å². The number of aliphatic hydroxyl groups excluding tert-OH is 1. The van der Waals surface area contributed by atoms with Crippen LogP contribution in [0.4, 0.5) is 10.5 Å². The van der Waals surface area contributed by atoms with Gasteiger partial charge in [0.15, 0.2) is 12.5 Å². The summed E-state index contributed by atoms with van der Waals surface area (Å²) in [6.45, 7) is 8.33. The maximum atomic E-state index is 13.9. The van der Waals surface area contributed by atoms with Crippen molar-refractivity contribution in [2.75, 3.05) is 18.5 Å². The summed E-state index contributed by atoms with van der Waals surface area (Å²) in [6.07, 6.45) is 5.76. The standard InChI is InChI=1S/C45H56N6O6/c1-28-5-10-34(42(54)49-37-19-21-38(52)22-20-37)24-39(28)31-11-6-29(7-12-31)23-35(43(55)50-36-17-15-33(16-18-36)41-47-27-48-51-41)25-40(53)32-13-8-30(9-14-32)26-46-44(56)57-45(2,3)4/h5-7,10-12,15-18,24,30,32,35,37-38,52H,8-9,13-14,19-23,25-27H2,1-4H3,(H,46,56)(H,49,54)(H,50,55)/t30?,32?,35-,37?,38?/m1/s1. The topological polar surface area (TPSA) is 171 Å². The third kappa shape index (κ3) is 11.9. The van der Waals surface area contributed by atoms with Gasteiger partial charge in [-0.1, -0.05) is 30.3 Å². The lowest BCUT2D eigenvalue weighted by Gasteiger charge is -2.29. The number of benzene rings is 3. The number of amidine groups is 1. The van der Waals surface area contributed by atoms with Crippen LogP contribution in [0.15, 0.2) is 82.0 Å². The van der Waals surface area contributed by atoms with Crippen LogP contribution in [0.3, 0.4) is 0 Å². The highest BCUT2D eigenvalue weighted by molar-refractivity contribution is 6.01. The molecule has 0 unspecified atom stereocenters. The van der Waals surface area contributed by atoms with E-state index in [4.69, 9.17) is 4.74 Å². The number of anilines is 1. The normalized spacial score (nSPS) is 21.2. The summed E-state index contributed by atoms with van der Waals surface area (Å²) in [5, 5.41) is 26.9. The molecule has 0 aromatic heterocycles. The van der Waals surface area contributed by atoms with Crippen molar-refractivity contribution >= 4 is 35.2 Å². The van der Waals surface area contributed by atoms with Gasteiger partial charge in [0.2, 0.25) is 5.91 Å². The number of azo groups is 1. The van der Waals surface area contributed by atoms with Gasteiger partial charge >= 0.3 is 6.09 Å². The van der Waals surface area contributed by atoms with E-state index in [-0.39, 0.29) is 48.0 Å². The number of ketones is 1. The second-order valence-corrected chi connectivity index (χ2v) is 16.8. The van der Waals surface area contributed by atoms with Crippen molar-refractivity contribution in [3.63, 3.8) is 0 Å². The van der Waals surface area contributed by atoms with Gasteiger partial charge in [-0.3, -0.25) is 14.4 Å². The molecule has 6 rings (SSSR count). The number of carbonyl (C=O) groups is 4. The first-order valence-corrected chi connectivity index (χ1v) is 20.3. The number of aliphatic hydroxyl groups is 1. The van der Waals surface area contributed by atoms with Gasteiger partial charge in [-0.2, -0.15) is 5.11 Å². The van der Waals surface area contributed by atoms with E-state index < -0.39 is 17.6 Å². The molecule has 1 aliphatic heterocycles. The number of aryl methyl sites for hydroxylation is 1. The Morgan fingerprint density at radius 2 is 1.54 bits per heavy atom. The number of hydrogen-bond donors (Lipinski definition) is 4. The van der Waals surface area contributed by atoms with Gasteiger partial charge in [-0.15, -0.1) is 5.11 Å². The van der Waals surface area contributed by atoms with Gasteiger partial charge in [-0.05, 0) is 150 Å². The molecule has 0 radical (unpaired) electrons. The van der Waals surface area contributed by atoms with Crippen LogP contribution in [0.1, 0.15) is 106 Å². The summed E-state index contributed by atoms with van der Waals surface area (Å²) in [7, 11) is 0. The largest absolute Gasteiger partial charge is 0.444 e. The van der Waals surface area contributed by atoms with Crippen molar-refractivity contribution in [3.8, 4) is 11.1 Å². The molecule has 4 N–H and O–H groups in total. The summed E-state index contributed by atoms with van der Waals surface area (Å²) in [4.78, 5) is 57.4. The van der Waals surface area contributed by atoms with Crippen molar-refractivity contribution in [2.24, 2.45) is 33.0 Å². The Kier molecular flexibility index (Phi) is 13.7. The summed E-state index contributed by atoms with van der Waals surface area (Å²) in [6, 6.07) is 21.1. The molecule has 0 bridgehead atoms. The molecule has 0 saturated heterocycles. The molecule has 2 saturated carbocycles. The van der Waals surface area contributed by atoms with Crippen LogP contribution < -0.4 is 16.0 Å². The molecule has 3 aromatic rings. The Bertz CT molecular complexity index is 1950. The number of ether oxygens (including phenoxy) is 1. The molecule has 2 fully saturated rings. The quantitative estimate of drug-likeness (QED) is 0.137. The Balaban J connectivity index is 1.11. The number of hydrogen-bond acceptors (Lipinski definition) is 9. The third-order valence-electron chi connectivity index (χ3n) is 11.2. The molecule has 3 aromatic carbocycles. The van der Waals surface area contributed by atoms with Gasteiger partial charge in [0.05, 0.1) is 6.10 Å². The van der Waals surface area contributed by atoms with Crippen LogP contribution in [0.25, 0.3) is 11.1 Å². The fourth-order valence-corrected chi connectivity index (χ4v) is 7.89. The molecule has 1 atom stereocenters. The van der Waals surface area contributed by atoms with E-state index in [1.54, 1.807) is 12.1 Å². The van der Waals surface area contributed by atoms with Crippen LogP contribution in [0.2, 0.25) is 0 Å². The number of carbonyl (C=O) groups excluding carboxylic acids is 4. The van der Waals surface area contributed by atoms with Crippen LogP contribution >= 0.6 is 0 Å². The van der Waals surface area contributed by atoms with E-state index in [1.165, 1.54) is 0 Å². The molecule has 2 aliphatic carbocycles. The summed E-state index contributed by atoms with van der Waals surface area (Å²) in [5.74, 6) is -0.178. The van der Waals surface area contributed by atoms with E-state index in [2.05, 4.69) is 31.2 Å². The Morgan fingerprint density at radius 1 is 0.860 bits per heavy atom. The minimum Gasteiger partial charge on any atom is -0.444 e. The first kappa shape index (κ1) is 41.4. The van der Waals surface area contributed by atoms with E-state index in [9.17, 15) is 24.3 Å². The average molecular weight is 777 g/mol. The first-order chi connectivity index (χ1) is 27.3. The van der Waals surface area contributed by atoms with Crippen LogP contribution in [0.5, 0.6) is 0 Å². The van der Waals surface area contributed by atoms with Crippen molar-refractivity contribution in [1.29, 1.82) is 0 Å². The highest BCUT2D eigenvalue weighted by Gasteiger charge is 2.31. The lowest BCUT2D eigenvalue weighted by molar-refractivity contribution is -0.129. The molecule has 57 heavy (non-hydrogen) atoms. The van der Waals surface area contributed by atoms with Gasteiger partial charge in [0.1, 0.15) is 11.4 Å². The zero-order valence-electron chi connectivity index (χ0n) is 33.6. The van der Waals surface area contributed by atoms with Gasteiger partial charge < -0.3 is 25.8 Å². The summed E-state index contributed by atoms with van der Waals surface area (Å²) >= 11 is 0. The number of aliphatic imine (C=N–C) groups is 1.